The standard InChI is InChI=1S/C24H33N3O3S/c1-17-6-2-3-9-21(17)27-24(28)20-13-11-18(12-14-20)16-26-31(29,30)22-10-4-7-19-8-5-15-25-23(19)22/h4-5,7-8,10,15,17-18,20-21,26H,2-3,6,9,11-14,16H2,1H3,(H,27,28)/t17-,18?,20?,21+/m1/s1. The first-order valence-electron chi connectivity index (χ1n) is 11.6. The van der Waals surface area contributed by atoms with Gasteiger partial charge in [0.1, 0.15) is 4.90 Å². The number of aromatic nitrogens is 1. The molecule has 2 aliphatic carbocycles. The lowest BCUT2D eigenvalue weighted by Gasteiger charge is -2.33. The monoisotopic (exact) mass is 443 g/mol. The number of hydrogen-bond donors (Lipinski definition) is 2. The van der Waals surface area contributed by atoms with Crippen LogP contribution in [0.3, 0.4) is 0 Å². The maximum Gasteiger partial charge on any atom is 0.242 e. The molecule has 2 aromatic rings. The maximum absolute atomic E-state index is 12.9. The topological polar surface area (TPSA) is 88.2 Å². The van der Waals surface area contributed by atoms with E-state index in [4.69, 9.17) is 0 Å². The van der Waals surface area contributed by atoms with E-state index in [-0.39, 0.29) is 22.6 Å². The van der Waals surface area contributed by atoms with Gasteiger partial charge in [-0.15, -0.1) is 0 Å². The van der Waals surface area contributed by atoms with E-state index in [9.17, 15) is 13.2 Å². The van der Waals surface area contributed by atoms with Crippen molar-refractivity contribution in [1.82, 2.24) is 15.0 Å². The summed E-state index contributed by atoms with van der Waals surface area (Å²) < 4.78 is 28.6. The van der Waals surface area contributed by atoms with Crippen molar-refractivity contribution in [3.8, 4) is 0 Å². The van der Waals surface area contributed by atoms with Gasteiger partial charge in [-0.1, -0.05) is 38.0 Å². The van der Waals surface area contributed by atoms with E-state index >= 15 is 0 Å². The van der Waals surface area contributed by atoms with Crippen molar-refractivity contribution in [2.24, 2.45) is 17.8 Å². The Morgan fingerprint density at radius 1 is 1.03 bits per heavy atom. The molecule has 2 saturated carbocycles. The largest absolute Gasteiger partial charge is 0.353 e. The first-order chi connectivity index (χ1) is 14.9. The highest BCUT2D eigenvalue weighted by Crippen LogP contribution is 2.30. The molecular formula is C24H33N3O3S. The third kappa shape index (κ3) is 5.26. The van der Waals surface area contributed by atoms with E-state index in [1.54, 1.807) is 24.4 Å². The van der Waals surface area contributed by atoms with Gasteiger partial charge in [0.05, 0.1) is 5.52 Å². The Bertz CT molecular complexity index is 1010. The van der Waals surface area contributed by atoms with Gasteiger partial charge in [-0.3, -0.25) is 9.78 Å². The van der Waals surface area contributed by atoms with Gasteiger partial charge >= 0.3 is 0 Å². The van der Waals surface area contributed by atoms with Gasteiger partial charge in [0.2, 0.25) is 15.9 Å². The molecule has 1 amide bonds. The van der Waals surface area contributed by atoms with Crippen LogP contribution >= 0.6 is 0 Å². The molecule has 1 aromatic heterocycles. The van der Waals surface area contributed by atoms with Crippen LogP contribution in [0.1, 0.15) is 58.3 Å². The molecule has 7 heteroatoms. The quantitative estimate of drug-likeness (QED) is 0.706. The molecule has 1 aromatic carbocycles. The average Bonchev–Trinajstić information content (AvgIpc) is 2.79. The highest BCUT2D eigenvalue weighted by molar-refractivity contribution is 7.89. The Hall–Kier alpha value is -1.99. The second kappa shape index (κ2) is 9.65. The van der Waals surface area contributed by atoms with Crippen molar-refractivity contribution in [2.75, 3.05) is 6.54 Å². The molecule has 4 rings (SSSR count). The van der Waals surface area contributed by atoms with Gasteiger partial charge in [0.25, 0.3) is 0 Å². The van der Waals surface area contributed by atoms with Crippen LogP contribution in [0.4, 0.5) is 0 Å². The fourth-order valence-corrected chi connectivity index (χ4v) is 6.35. The summed E-state index contributed by atoms with van der Waals surface area (Å²) in [4.78, 5) is 17.2. The van der Waals surface area contributed by atoms with E-state index in [0.717, 1.165) is 37.5 Å². The van der Waals surface area contributed by atoms with Crippen molar-refractivity contribution in [3.63, 3.8) is 0 Å². The molecule has 0 spiro atoms. The summed E-state index contributed by atoms with van der Waals surface area (Å²) in [5, 5.41) is 4.10. The highest BCUT2D eigenvalue weighted by atomic mass is 32.2. The molecule has 1 heterocycles. The molecule has 0 radical (unpaired) electrons. The van der Waals surface area contributed by atoms with E-state index in [0.29, 0.717) is 24.0 Å². The molecule has 2 fully saturated rings. The van der Waals surface area contributed by atoms with Gasteiger partial charge in [-0.05, 0) is 62.5 Å². The van der Waals surface area contributed by atoms with E-state index in [2.05, 4.69) is 21.9 Å². The number of benzene rings is 1. The fraction of sp³-hybridized carbons (Fsp3) is 0.583. The molecule has 0 unspecified atom stereocenters. The number of pyridine rings is 1. The van der Waals surface area contributed by atoms with Crippen molar-refractivity contribution in [3.05, 3.63) is 36.5 Å². The van der Waals surface area contributed by atoms with Crippen LogP contribution in [-0.2, 0) is 14.8 Å². The summed E-state index contributed by atoms with van der Waals surface area (Å²) in [5.74, 6) is 1.08. The van der Waals surface area contributed by atoms with Crippen molar-refractivity contribution >= 4 is 26.8 Å². The molecule has 0 bridgehead atoms. The van der Waals surface area contributed by atoms with E-state index in [1.807, 2.05) is 12.1 Å². The minimum atomic E-state index is -3.63. The third-order valence-electron chi connectivity index (χ3n) is 7.10. The fourth-order valence-electron chi connectivity index (χ4n) is 5.06. The summed E-state index contributed by atoms with van der Waals surface area (Å²) in [6.45, 7) is 2.64. The number of nitrogens with one attached hydrogen (secondary N) is 2. The number of fused-ring (bicyclic) bond motifs is 1. The van der Waals surface area contributed by atoms with Crippen LogP contribution < -0.4 is 10.0 Å². The molecule has 168 valence electrons. The Labute approximate surface area is 185 Å². The zero-order valence-electron chi connectivity index (χ0n) is 18.2. The molecule has 6 nitrogen and oxygen atoms in total. The number of nitrogens with zero attached hydrogens (tertiary/aromatic N) is 1. The maximum atomic E-state index is 12.9. The van der Waals surface area contributed by atoms with E-state index < -0.39 is 10.0 Å². The minimum absolute atomic E-state index is 0.0595. The molecule has 2 N–H and O–H groups in total. The summed E-state index contributed by atoms with van der Waals surface area (Å²) in [5.41, 5.74) is 0.495. The predicted octanol–water partition coefficient (Wildman–Crippen LogP) is 4.01. The molecule has 0 aliphatic heterocycles. The lowest BCUT2D eigenvalue weighted by molar-refractivity contribution is -0.127. The zero-order chi connectivity index (χ0) is 21.8. The first kappa shape index (κ1) is 22.2. The van der Waals surface area contributed by atoms with Crippen LogP contribution in [0.25, 0.3) is 10.9 Å². The van der Waals surface area contributed by atoms with Crippen molar-refractivity contribution in [1.29, 1.82) is 0 Å². The van der Waals surface area contributed by atoms with Crippen LogP contribution in [0.2, 0.25) is 0 Å². The van der Waals surface area contributed by atoms with Crippen LogP contribution in [0.5, 0.6) is 0 Å². The number of amides is 1. The second-order valence-corrected chi connectivity index (χ2v) is 11.0. The number of carbonyl (C=O) groups is 1. The first-order valence-corrected chi connectivity index (χ1v) is 13.1. The van der Waals surface area contributed by atoms with Gasteiger partial charge in [-0.2, -0.15) is 0 Å². The number of carbonyl (C=O) groups excluding carboxylic acids is 1. The highest BCUT2D eigenvalue weighted by Gasteiger charge is 2.30. The Kier molecular flexibility index (Phi) is 6.92. The predicted molar refractivity (Wildman–Crippen MR) is 122 cm³/mol. The summed E-state index contributed by atoms with van der Waals surface area (Å²) in [7, 11) is -3.63. The third-order valence-corrected chi connectivity index (χ3v) is 8.56. The lowest BCUT2D eigenvalue weighted by Crippen LogP contribution is -2.44. The Balaban J connectivity index is 1.29. The summed E-state index contributed by atoms with van der Waals surface area (Å²) in [6, 6.07) is 9.19. The second-order valence-electron chi connectivity index (χ2n) is 9.28. The SMILES string of the molecule is C[C@@H]1CCCC[C@@H]1NC(=O)C1CCC(CNS(=O)(=O)c2cccc3cccnc23)CC1. The van der Waals surface area contributed by atoms with Gasteiger partial charge < -0.3 is 5.32 Å². The van der Waals surface area contributed by atoms with Crippen LogP contribution in [-0.4, -0.2) is 31.9 Å². The van der Waals surface area contributed by atoms with Crippen molar-refractivity contribution < 1.29 is 13.2 Å². The molecular weight excluding hydrogens is 410 g/mol. The van der Waals surface area contributed by atoms with Crippen LogP contribution in [0.15, 0.2) is 41.4 Å². The van der Waals surface area contributed by atoms with E-state index in [1.165, 1.54) is 19.3 Å². The van der Waals surface area contributed by atoms with Gasteiger partial charge in [0.15, 0.2) is 0 Å². The lowest BCUT2D eigenvalue weighted by atomic mass is 9.80. The number of para-hydroxylation sites is 1. The Morgan fingerprint density at radius 3 is 2.55 bits per heavy atom. The summed E-state index contributed by atoms with van der Waals surface area (Å²) >= 11 is 0. The smallest absolute Gasteiger partial charge is 0.242 e. The number of sulfonamides is 1. The minimum Gasteiger partial charge on any atom is -0.353 e. The average molecular weight is 444 g/mol. The Morgan fingerprint density at radius 2 is 1.77 bits per heavy atom. The summed E-state index contributed by atoms with van der Waals surface area (Å²) in [6.07, 6.45) is 9.77. The number of rotatable bonds is 6. The molecule has 2 atom stereocenters. The molecule has 31 heavy (non-hydrogen) atoms. The molecule has 2 aliphatic rings. The van der Waals surface area contributed by atoms with Gasteiger partial charge in [-0.25, -0.2) is 13.1 Å². The molecule has 0 saturated heterocycles. The van der Waals surface area contributed by atoms with Crippen molar-refractivity contribution in [2.45, 2.75) is 69.2 Å². The number of hydrogen-bond acceptors (Lipinski definition) is 4. The normalized spacial score (nSPS) is 27.1. The van der Waals surface area contributed by atoms with Crippen LogP contribution in [0, 0.1) is 17.8 Å². The van der Waals surface area contributed by atoms with Gasteiger partial charge in [0, 0.05) is 30.1 Å². The zero-order valence-corrected chi connectivity index (χ0v) is 19.0.